The molecule has 0 unspecified atom stereocenters. The summed E-state index contributed by atoms with van der Waals surface area (Å²) >= 11 is 1.56. The minimum Gasteiger partial charge on any atom is -0.459 e. The molecule has 0 aliphatic heterocycles. The first-order valence-electron chi connectivity index (χ1n) is 9.40. The van der Waals surface area contributed by atoms with E-state index < -0.39 is 0 Å². The van der Waals surface area contributed by atoms with Crippen LogP contribution in [0.5, 0.6) is 0 Å². The second kappa shape index (κ2) is 7.79. The van der Waals surface area contributed by atoms with Crippen LogP contribution in [0, 0.1) is 27.7 Å². The molecule has 150 valence electrons. The van der Waals surface area contributed by atoms with Gasteiger partial charge in [0.1, 0.15) is 18.1 Å². The van der Waals surface area contributed by atoms with E-state index in [1.807, 2.05) is 55.8 Å². The van der Waals surface area contributed by atoms with Crippen LogP contribution in [0.15, 0.2) is 28.0 Å². The van der Waals surface area contributed by atoms with E-state index in [1.54, 1.807) is 11.3 Å². The van der Waals surface area contributed by atoms with E-state index in [0.29, 0.717) is 23.8 Å². The van der Waals surface area contributed by atoms with E-state index in [0.717, 1.165) is 33.2 Å². The average Bonchev–Trinajstić information content (AvgIpc) is 3.39. The Kier molecular flexibility index (Phi) is 5.19. The van der Waals surface area contributed by atoms with Gasteiger partial charge in [0, 0.05) is 23.9 Å². The standard InChI is InChI=1S/C21H22N4O3S/c1-12-10-19-22-13(2)16(14(3)25(19)24-12)7-8-20(26)27-11-17-15(4)28-21(23-17)18-6-5-9-29-18/h5-6,9-10H,7-8,11H2,1-4H3. The molecule has 4 heterocycles. The molecule has 0 N–H and O–H groups in total. The highest BCUT2D eigenvalue weighted by Crippen LogP contribution is 2.26. The molecule has 0 fully saturated rings. The number of ether oxygens (including phenoxy) is 1. The maximum Gasteiger partial charge on any atom is 0.306 e. The first kappa shape index (κ1) is 19.3. The maximum atomic E-state index is 12.3. The molecule has 0 radical (unpaired) electrons. The van der Waals surface area contributed by atoms with Gasteiger partial charge in [0.15, 0.2) is 5.65 Å². The fraction of sp³-hybridized carbons (Fsp3) is 0.333. The third-order valence-corrected chi connectivity index (χ3v) is 5.72. The molecule has 0 aromatic carbocycles. The number of nitrogens with zero attached hydrogens (tertiary/aromatic N) is 4. The number of carbonyl (C=O) groups is 1. The summed E-state index contributed by atoms with van der Waals surface area (Å²) in [5.41, 5.74) is 5.32. The highest BCUT2D eigenvalue weighted by Gasteiger charge is 2.16. The van der Waals surface area contributed by atoms with Gasteiger partial charge in [0.2, 0.25) is 5.89 Å². The second-order valence-corrected chi connectivity index (χ2v) is 7.92. The van der Waals surface area contributed by atoms with Gasteiger partial charge >= 0.3 is 5.97 Å². The highest BCUT2D eigenvalue weighted by molar-refractivity contribution is 7.13. The SMILES string of the molecule is Cc1cc2nc(C)c(CCC(=O)OCc3nc(-c4cccs4)oc3C)c(C)n2n1. The first-order chi connectivity index (χ1) is 13.9. The normalized spacial score (nSPS) is 11.3. The van der Waals surface area contributed by atoms with Gasteiger partial charge in [0.05, 0.1) is 10.6 Å². The van der Waals surface area contributed by atoms with Crippen molar-refractivity contribution in [2.24, 2.45) is 0 Å². The van der Waals surface area contributed by atoms with Crippen LogP contribution in [0.25, 0.3) is 16.4 Å². The summed E-state index contributed by atoms with van der Waals surface area (Å²) in [4.78, 5) is 22.3. The van der Waals surface area contributed by atoms with Crippen molar-refractivity contribution >= 4 is 23.0 Å². The van der Waals surface area contributed by atoms with Crippen molar-refractivity contribution in [2.45, 2.75) is 47.1 Å². The molecule has 8 heteroatoms. The summed E-state index contributed by atoms with van der Waals surface area (Å²) < 4.78 is 12.9. The zero-order chi connectivity index (χ0) is 20.5. The van der Waals surface area contributed by atoms with Gasteiger partial charge < -0.3 is 9.15 Å². The van der Waals surface area contributed by atoms with Crippen molar-refractivity contribution in [3.63, 3.8) is 0 Å². The Hall–Kier alpha value is -3.00. The van der Waals surface area contributed by atoms with E-state index in [9.17, 15) is 4.79 Å². The monoisotopic (exact) mass is 410 g/mol. The molecule has 0 aliphatic carbocycles. The van der Waals surface area contributed by atoms with Crippen molar-refractivity contribution in [1.29, 1.82) is 0 Å². The van der Waals surface area contributed by atoms with E-state index >= 15 is 0 Å². The van der Waals surface area contributed by atoms with Crippen LogP contribution < -0.4 is 0 Å². The predicted molar refractivity (Wildman–Crippen MR) is 110 cm³/mol. The summed E-state index contributed by atoms with van der Waals surface area (Å²) in [6.45, 7) is 7.83. The summed E-state index contributed by atoms with van der Waals surface area (Å²) in [5.74, 6) is 0.945. The number of rotatable bonds is 6. The molecule has 0 aliphatic rings. The number of thiophene rings is 1. The third-order valence-electron chi connectivity index (χ3n) is 4.86. The first-order valence-corrected chi connectivity index (χ1v) is 10.3. The number of esters is 1. The number of aromatic nitrogens is 4. The summed E-state index contributed by atoms with van der Waals surface area (Å²) in [7, 11) is 0. The number of hydrogen-bond donors (Lipinski definition) is 0. The Bertz CT molecular complexity index is 1170. The van der Waals surface area contributed by atoms with Crippen molar-refractivity contribution in [1.82, 2.24) is 19.6 Å². The topological polar surface area (TPSA) is 82.5 Å². The Morgan fingerprint density at radius 2 is 2.07 bits per heavy atom. The molecule has 0 bridgehead atoms. The lowest BCUT2D eigenvalue weighted by molar-refractivity contribution is -0.145. The van der Waals surface area contributed by atoms with Gasteiger partial charge in [-0.3, -0.25) is 4.79 Å². The van der Waals surface area contributed by atoms with Gasteiger partial charge in [-0.05, 0) is 51.1 Å². The summed E-state index contributed by atoms with van der Waals surface area (Å²) in [6.07, 6.45) is 0.820. The minimum absolute atomic E-state index is 0.104. The van der Waals surface area contributed by atoms with Crippen molar-refractivity contribution < 1.29 is 13.9 Å². The molecular formula is C21H22N4O3S. The van der Waals surface area contributed by atoms with Crippen molar-refractivity contribution in [2.75, 3.05) is 0 Å². The molecule has 4 rings (SSSR count). The van der Waals surface area contributed by atoms with Crippen LogP contribution in [0.4, 0.5) is 0 Å². The Morgan fingerprint density at radius 1 is 1.24 bits per heavy atom. The molecular weight excluding hydrogens is 388 g/mol. The molecule has 0 saturated heterocycles. The smallest absolute Gasteiger partial charge is 0.306 e. The lowest BCUT2D eigenvalue weighted by Crippen LogP contribution is -2.10. The van der Waals surface area contributed by atoms with Gasteiger partial charge in [-0.15, -0.1) is 11.3 Å². The van der Waals surface area contributed by atoms with Crippen molar-refractivity contribution in [3.8, 4) is 10.8 Å². The predicted octanol–water partition coefficient (Wildman–Crippen LogP) is 4.36. The maximum absolute atomic E-state index is 12.3. The lowest BCUT2D eigenvalue weighted by Gasteiger charge is -2.10. The lowest BCUT2D eigenvalue weighted by atomic mass is 10.1. The summed E-state index contributed by atoms with van der Waals surface area (Å²) in [6, 6.07) is 5.84. The molecule has 0 amide bonds. The van der Waals surface area contributed by atoms with E-state index in [4.69, 9.17) is 9.15 Å². The molecule has 0 atom stereocenters. The average molecular weight is 410 g/mol. The van der Waals surface area contributed by atoms with Gasteiger partial charge in [-0.25, -0.2) is 14.5 Å². The number of aryl methyl sites for hydroxylation is 4. The van der Waals surface area contributed by atoms with Gasteiger partial charge in [0.25, 0.3) is 0 Å². The molecule has 0 spiro atoms. The van der Waals surface area contributed by atoms with Crippen LogP contribution >= 0.6 is 11.3 Å². The number of oxazole rings is 1. The Labute approximate surface area is 172 Å². The van der Waals surface area contributed by atoms with Crippen LogP contribution in [-0.4, -0.2) is 25.6 Å². The van der Waals surface area contributed by atoms with E-state index in [1.165, 1.54) is 0 Å². The largest absolute Gasteiger partial charge is 0.459 e. The number of fused-ring (bicyclic) bond motifs is 1. The zero-order valence-corrected chi connectivity index (χ0v) is 17.7. The Morgan fingerprint density at radius 3 is 2.83 bits per heavy atom. The van der Waals surface area contributed by atoms with Crippen molar-refractivity contribution in [3.05, 3.63) is 57.7 Å². The van der Waals surface area contributed by atoms with E-state index in [2.05, 4.69) is 15.1 Å². The zero-order valence-electron chi connectivity index (χ0n) is 16.9. The van der Waals surface area contributed by atoms with Crippen LogP contribution in [-0.2, 0) is 22.6 Å². The van der Waals surface area contributed by atoms with Gasteiger partial charge in [-0.1, -0.05) is 6.07 Å². The third kappa shape index (κ3) is 3.93. The quantitative estimate of drug-likeness (QED) is 0.439. The van der Waals surface area contributed by atoms with E-state index in [-0.39, 0.29) is 19.0 Å². The fourth-order valence-electron chi connectivity index (χ4n) is 3.32. The molecule has 29 heavy (non-hydrogen) atoms. The van der Waals surface area contributed by atoms with Crippen LogP contribution in [0.3, 0.4) is 0 Å². The van der Waals surface area contributed by atoms with Crippen LogP contribution in [0.1, 0.15) is 40.5 Å². The number of hydrogen-bond acceptors (Lipinski definition) is 7. The van der Waals surface area contributed by atoms with Gasteiger partial charge in [-0.2, -0.15) is 5.10 Å². The van der Waals surface area contributed by atoms with Crippen LogP contribution in [0.2, 0.25) is 0 Å². The molecule has 4 aromatic rings. The fourth-order valence-corrected chi connectivity index (χ4v) is 3.97. The molecule has 4 aromatic heterocycles. The minimum atomic E-state index is -0.277. The molecule has 0 saturated carbocycles. The molecule has 7 nitrogen and oxygen atoms in total. The number of carbonyl (C=O) groups excluding carboxylic acids is 1. The Balaban J connectivity index is 1.39. The summed E-state index contributed by atoms with van der Waals surface area (Å²) in [5, 5.41) is 6.44. The second-order valence-electron chi connectivity index (χ2n) is 6.98. The highest BCUT2D eigenvalue weighted by atomic mass is 32.1.